The molecule has 0 spiro atoms. The van der Waals surface area contributed by atoms with Gasteiger partial charge in [-0.05, 0) is 34.2 Å². The molecule has 2 aromatic rings. The van der Waals surface area contributed by atoms with Crippen molar-refractivity contribution in [3.05, 3.63) is 15.1 Å². The maximum absolute atomic E-state index is 12.9. The summed E-state index contributed by atoms with van der Waals surface area (Å²) >= 11 is 8.14. The fourth-order valence-corrected chi connectivity index (χ4v) is 5.69. The van der Waals surface area contributed by atoms with Gasteiger partial charge in [0.1, 0.15) is 18.3 Å². The number of fused-ring (bicyclic) bond motifs is 3. The molecule has 2 saturated heterocycles. The SMILES string of the molecule is O=C1CCCn2c(nc3c(nc(Br)n3[C@@H]3OC4COP(O)(=S)O[C@H]4C3O)c2=O)N1. The average Bonchev–Trinajstić information content (AvgIpc) is 3.05. The number of carbonyl (C=O) groups excluding carboxylic acids is 1. The van der Waals surface area contributed by atoms with E-state index in [-0.39, 0.29) is 40.8 Å². The molecule has 3 N–H and O–H groups in total. The fraction of sp³-hybridized carbons (Fsp3) is 0.571. The lowest BCUT2D eigenvalue weighted by Gasteiger charge is -2.30. The van der Waals surface area contributed by atoms with Gasteiger partial charge in [0.25, 0.3) is 5.56 Å². The summed E-state index contributed by atoms with van der Waals surface area (Å²) in [5.41, 5.74) is -0.226. The lowest BCUT2D eigenvalue weighted by Crippen LogP contribution is -2.39. The number of imidazole rings is 1. The second-order valence-electron chi connectivity index (χ2n) is 6.86. The molecule has 12 nitrogen and oxygen atoms in total. The van der Waals surface area contributed by atoms with Gasteiger partial charge in [-0.3, -0.25) is 28.6 Å². The molecule has 3 aliphatic heterocycles. The van der Waals surface area contributed by atoms with Gasteiger partial charge in [-0.15, -0.1) is 0 Å². The van der Waals surface area contributed by atoms with Crippen LogP contribution in [0.25, 0.3) is 11.2 Å². The van der Waals surface area contributed by atoms with E-state index in [1.807, 2.05) is 0 Å². The van der Waals surface area contributed by atoms with Crippen LogP contribution in [0, 0.1) is 0 Å². The van der Waals surface area contributed by atoms with Crippen molar-refractivity contribution in [3.63, 3.8) is 0 Å². The number of rotatable bonds is 1. The molecule has 3 aliphatic rings. The number of aliphatic hydroxyl groups is 1. The van der Waals surface area contributed by atoms with E-state index in [4.69, 9.17) is 25.6 Å². The van der Waals surface area contributed by atoms with Crippen LogP contribution in [0.3, 0.4) is 0 Å². The van der Waals surface area contributed by atoms with Crippen LogP contribution >= 0.6 is 22.6 Å². The van der Waals surface area contributed by atoms with Crippen LogP contribution in [0.2, 0.25) is 0 Å². The summed E-state index contributed by atoms with van der Waals surface area (Å²) in [6.07, 6.45) is -3.06. The number of carbonyl (C=O) groups is 1. The van der Waals surface area contributed by atoms with Crippen molar-refractivity contribution in [2.45, 2.75) is 43.9 Å². The molecule has 29 heavy (non-hydrogen) atoms. The Labute approximate surface area is 176 Å². The maximum Gasteiger partial charge on any atom is 0.325 e. The zero-order chi connectivity index (χ0) is 20.5. The van der Waals surface area contributed by atoms with E-state index >= 15 is 0 Å². The molecule has 5 atom stereocenters. The van der Waals surface area contributed by atoms with E-state index in [1.54, 1.807) is 0 Å². The Morgan fingerprint density at radius 3 is 2.93 bits per heavy atom. The van der Waals surface area contributed by atoms with Gasteiger partial charge in [-0.1, -0.05) is 0 Å². The highest BCUT2D eigenvalue weighted by atomic mass is 79.9. The summed E-state index contributed by atoms with van der Waals surface area (Å²) in [5.74, 6) is -0.135. The highest BCUT2D eigenvalue weighted by molar-refractivity contribution is 9.10. The summed E-state index contributed by atoms with van der Waals surface area (Å²) in [6.45, 7) is -3.16. The van der Waals surface area contributed by atoms with Crippen LogP contribution in [0.15, 0.2) is 9.53 Å². The summed E-state index contributed by atoms with van der Waals surface area (Å²) in [4.78, 5) is 43.4. The molecule has 156 valence electrons. The van der Waals surface area contributed by atoms with Crippen LogP contribution in [-0.2, 0) is 36.9 Å². The number of hydrogen-bond acceptors (Lipinski definition) is 9. The fourth-order valence-electron chi connectivity index (χ4n) is 3.69. The molecule has 0 bridgehead atoms. The zero-order valence-corrected chi connectivity index (χ0v) is 17.9. The molecule has 5 heterocycles. The predicted octanol–water partition coefficient (Wildman–Crippen LogP) is -0.0217. The van der Waals surface area contributed by atoms with Crippen molar-refractivity contribution >= 4 is 57.5 Å². The number of aromatic nitrogens is 4. The highest BCUT2D eigenvalue weighted by Gasteiger charge is 2.51. The highest BCUT2D eigenvalue weighted by Crippen LogP contribution is 2.53. The zero-order valence-electron chi connectivity index (χ0n) is 14.6. The lowest BCUT2D eigenvalue weighted by atomic mass is 10.1. The molecule has 0 aliphatic carbocycles. The van der Waals surface area contributed by atoms with Crippen LogP contribution in [0.1, 0.15) is 19.1 Å². The van der Waals surface area contributed by atoms with Crippen LogP contribution < -0.4 is 10.9 Å². The molecular weight excluding hydrogens is 493 g/mol. The van der Waals surface area contributed by atoms with E-state index in [1.165, 1.54) is 9.13 Å². The summed E-state index contributed by atoms with van der Waals surface area (Å²) in [6, 6.07) is 0. The first-order valence-corrected chi connectivity index (χ1v) is 12.1. The van der Waals surface area contributed by atoms with Crippen molar-refractivity contribution < 1.29 is 28.6 Å². The van der Waals surface area contributed by atoms with Gasteiger partial charge in [0, 0.05) is 13.0 Å². The second-order valence-corrected chi connectivity index (χ2v) is 10.4. The smallest absolute Gasteiger partial charge is 0.325 e. The molecule has 0 saturated carbocycles. The first-order valence-electron chi connectivity index (χ1n) is 8.72. The van der Waals surface area contributed by atoms with E-state index in [0.717, 1.165) is 0 Å². The Balaban J connectivity index is 1.62. The third-order valence-corrected chi connectivity index (χ3v) is 7.13. The molecule has 0 radical (unpaired) electrons. The van der Waals surface area contributed by atoms with Gasteiger partial charge >= 0.3 is 6.72 Å². The summed E-state index contributed by atoms with van der Waals surface area (Å²) < 4.78 is 19.3. The predicted molar refractivity (Wildman–Crippen MR) is 105 cm³/mol. The summed E-state index contributed by atoms with van der Waals surface area (Å²) in [5, 5.41) is 13.4. The maximum atomic E-state index is 12.9. The Bertz CT molecular complexity index is 1140. The number of nitrogens with one attached hydrogen (secondary N) is 1. The molecule has 3 unspecified atom stereocenters. The minimum Gasteiger partial charge on any atom is -0.386 e. The molecule has 1 amide bonds. The van der Waals surface area contributed by atoms with Crippen LogP contribution in [0.4, 0.5) is 5.95 Å². The average molecular weight is 508 g/mol. The monoisotopic (exact) mass is 507 g/mol. The van der Waals surface area contributed by atoms with Gasteiger partial charge in [-0.2, -0.15) is 4.98 Å². The van der Waals surface area contributed by atoms with Crippen molar-refractivity contribution in [3.8, 4) is 0 Å². The molecule has 2 aromatic heterocycles. The number of hydrogen-bond donors (Lipinski definition) is 3. The van der Waals surface area contributed by atoms with Gasteiger partial charge in [0.05, 0.1) is 6.61 Å². The van der Waals surface area contributed by atoms with Crippen molar-refractivity contribution in [2.75, 3.05) is 11.9 Å². The largest absolute Gasteiger partial charge is 0.386 e. The molecule has 2 fully saturated rings. The Kier molecular flexibility index (Phi) is 4.68. The normalized spacial score (nSPS) is 34.5. The number of nitrogens with zero attached hydrogens (tertiary/aromatic N) is 4. The van der Waals surface area contributed by atoms with Gasteiger partial charge < -0.3 is 19.3 Å². The quantitative estimate of drug-likeness (QED) is 0.354. The van der Waals surface area contributed by atoms with E-state index in [2.05, 4.69) is 31.2 Å². The van der Waals surface area contributed by atoms with Gasteiger partial charge in [-0.25, -0.2) is 4.98 Å². The molecular formula is C14H15BrN5O7PS. The number of ether oxygens (including phenoxy) is 1. The standard InChI is InChI=1S/C14H15BrN5O7PS/c15-13-17-7-10(18-14-16-6(21)2-1-3-19(14)11(7)23)20(13)12-8(22)9-5(26-12)4-25-28(24,29)27-9/h5,8-9,12,22H,1-4H2,(H,24,29)(H,16,18,21)/t5?,8?,9-,12-,28?/m1/s1. The minimum atomic E-state index is -3.45. The Morgan fingerprint density at radius 2 is 2.14 bits per heavy atom. The van der Waals surface area contributed by atoms with Gasteiger partial charge in [0.15, 0.2) is 22.1 Å². The minimum absolute atomic E-state index is 0.0439. The Hall–Kier alpha value is -1.25. The lowest BCUT2D eigenvalue weighted by molar-refractivity contribution is -0.116. The van der Waals surface area contributed by atoms with Crippen LogP contribution in [0.5, 0.6) is 0 Å². The number of anilines is 1. The molecule has 5 rings (SSSR count). The summed E-state index contributed by atoms with van der Waals surface area (Å²) in [7, 11) is 0. The Morgan fingerprint density at radius 1 is 1.34 bits per heavy atom. The number of amides is 1. The number of aliphatic hydroxyl groups excluding tert-OH is 1. The second kappa shape index (κ2) is 6.89. The molecule has 0 aromatic carbocycles. The van der Waals surface area contributed by atoms with Crippen molar-refractivity contribution in [2.24, 2.45) is 0 Å². The third kappa shape index (κ3) is 3.18. The van der Waals surface area contributed by atoms with Crippen LogP contribution in [-0.4, -0.2) is 59.9 Å². The first kappa shape index (κ1) is 19.7. The topological polar surface area (TPSA) is 150 Å². The first-order chi connectivity index (χ1) is 13.7. The number of halogens is 1. The van der Waals surface area contributed by atoms with E-state index in [9.17, 15) is 19.6 Å². The van der Waals surface area contributed by atoms with E-state index in [0.29, 0.717) is 13.0 Å². The van der Waals surface area contributed by atoms with Crippen molar-refractivity contribution in [1.82, 2.24) is 19.1 Å². The van der Waals surface area contributed by atoms with Gasteiger partial charge in [0.2, 0.25) is 11.9 Å². The van der Waals surface area contributed by atoms with E-state index < -0.39 is 36.8 Å². The third-order valence-electron chi connectivity index (χ3n) is 5.02. The van der Waals surface area contributed by atoms with Crippen molar-refractivity contribution in [1.29, 1.82) is 0 Å². The molecule has 15 heteroatoms.